The van der Waals surface area contributed by atoms with E-state index in [-0.39, 0.29) is 0 Å². The van der Waals surface area contributed by atoms with Gasteiger partial charge in [0.15, 0.2) is 0 Å². The predicted molar refractivity (Wildman–Crippen MR) is 103 cm³/mol. The van der Waals surface area contributed by atoms with Crippen molar-refractivity contribution >= 4 is 45.1 Å². The van der Waals surface area contributed by atoms with Crippen molar-refractivity contribution in [2.45, 2.75) is 0 Å². The fourth-order valence-corrected chi connectivity index (χ4v) is 3.99. The fraction of sp³-hybridized carbons (Fsp3) is 0. The average molecular weight is 344 g/mol. The lowest BCUT2D eigenvalue weighted by atomic mass is 10.1. The number of rotatable bonds is 3. The molecule has 114 valence electrons. The zero-order chi connectivity index (χ0) is 16.4. The van der Waals surface area contributed by atoms with Gasteiger partial charge in [0.1, 0.15) is 11.1 Å². The highest BCUT2D eigenvalue weighted by atomic mass is 32.1. The molecule has 0 saturated heterocycles. The van der Waals surface area contributed by atoms with E-state index in [1.165, 1.54) is 22.1 Å². The van der Waals surface area contributed by atoms with Crippen LogP contribution in [-0.2, 0) is 0 Å². The number of thiazole rings is 1. The molecule has 0 N–H and O–H groups in total. The van der Waals surface area contributed by atoms with Crippen LogP contribution >= 0.6 is 22.7 Å². The highest BCUT2D eigenvalue weighted by Gasteiger charge is 2.10. The van der Waals surface area contributed by atoms with Crippen LogP contribution in [0, 0.1) is 11.3 Å². The number of nitriles is 1. The van der Waals surface area contributed by atoms with Crippen molar-refractivity contribution in [3.05, 3.63) is 75.2 Å². The van der Waals surface area contributed by atoms with E-state index in [1.54, 1.807) is 11.3 Å². The highest BCUT2D eigenvalue weighted by molar-refractivity contribution is 7.12. The summed E-state index contributed by atoms with van der Waals surface area (Å²) < 4.78 is 0. The third kappa shape index (κ3) is 2.88. The first-order chi connectivity index (χ1) is 11.8. The maximum absolute atomic E-state index is 9.45. The highest BCUT2D eigenvalue weighted by Crippen LogP contribution is 2.29. The van der Waals surface area contributed by atoms with Gasteiger partial charge in [0.25, 0.3) is 0 Å². The lowest BCUT2D eigenvalue weighted by Gasteiger charge is -2.00. The van der Waals surface area contributed by atoms with Gasteiger partial charge >= 0.3 is 0 Å². The summed E-state index contributed by atoms with van der Waals surface area (Å²) in [7, 11) is 0. The minimum Gasteiger partial charge on any atom is -0.235 e. The van der Waals surface area contributed by atoms with Gasteiger partial charge in [-0.1, -0.05) is 42.5 Å². The first kappa shape index (κ1) is 14.8. The molecule has 0 aliphatic rings. The zero-order valence-electron chi connectivity index (χ0n) is 12.6. The third-order valence-electron chi connectivity index (χ3n) is 3.73. The van der Waals surface area contributed by atoms with Crippen LogP contribution < -0.4 is 0 Å². The van der Waals surface area contributed by atoms with E-state index in [4.69, 9.17) is 0 Å². The standard InChI is InChI=1S/C20H12N2S2/c21-12-17(11-18-6-3-9-23-18)20-22-19(13-24-20)16-8-7-14-4-1-2-5-15(14)10-16/h1-11,13H/b17-11+. The Morgan fingerprint density at radius 1 is 1.00 bits per heavy atom. The Morgan fingerprint density at radius 2 is 1.88 bits per heavy atom. The average Bonchev–Trinajstić information content (AvgIpc) is 3.31. The van der Waals surface area contributed by atoms with Gasteiger partial charge in [-0.25, -0.2) is 4.98 Å². The topological polar surface area (TPSA) is 36.7 Å². The molecule has 0 fully saturated rings. The number of allylic oxidation sites excluding steroid dienone is 1. The van der Waals surface area contributed by atoms with E-state index in [0.29, 0.717) is 5.57 Å². The Kier molecular flexibility index (Phi) is 3.96. The number of fused-ring (bicyclic) bond motifs is 1. The lowest BCUT2D eigenvalue weighted by molar-refractivity contribution is 1.37. The molecular formula is C20H12N2S2. The minimum absolute atomic E-state index is 0.606. The SMILES string of the molecule is N#C/C(=C\c1cccs1)c1nc(-c2ccc3ccccc3c2)cs1. The molecule has 24 heavy (non-hydrogen) atoms. The largest absolute Gasteiger partial charge is 0.235 e. The summed E-state index contributed by atoms with van der Waals surface area (Å²) in [6.07, 6.45) is 1.90. The summed E-state index contributed by atoms with van der Waals surface area (Å²) in [6.45, 7) is 0. The van der Waals surface area contributed by atoms with E-state index in [2.05, 4.69) is 41.4 Å². The second-order valence-electron chi connectivity index (χ2n) is 5.29. The van der Waals surface area contributed by atoms with Crippen LogP contribution in [0.15, 0.2) is 65.4 Å². The van der Waals surface area contributed by atoms with Crippen LogP contribution in [0.4, 0.5) is 0 Å². The fourth-order valence-electron chi connectivity index (χ4n) is 2.54. The van der Waals surface area contributed by atoms with Gasteiger partial charge < -0.3 is 0 Å². The van der Waals surface area contributed by atoms with Gasteiger partial charge in [-0.2, -0.15) is 5.26 Å². The predicted octanol–water partition coefficient (Wildman–Crippen LogP) is 6.09. The smallest absolute Gasteiger partial charge is 0.134 e. The first-order valence-electron chi connectivity index (χ1n) is 7.44. The number of benzene rings is 2. The van der Waals surface area contributed by atoms with Crippen molar-refractivity contribution in [3.63, 3.8) is 0 Å². The minimum atomic E-state index is 0.606. The van der Waals surface area contributed by atoms with Crippen LogP contribution in [0.25, 0.3) is 33.7 Å². The molecule has 2 aromatic heterocycles. The number of thiophene rings is 1. The van der Waals surface area contributed by atoms with Crippen molar-refractivity contribution in [2.75, 3.05) is 0 Å². The lowest BCUT2D eigenvalue weighted by Crippen LogP contribution is -1.82. The van der Waals surface area contributed by atoms with Gasteiger partial charge in [-0.3, -0.25) is 0 Å². The molecule has 2 aromatic carbocycles. The molecule has 0 aliphatic heterocycles. The number of hydrogen-bond acceptors (Lipinski definition) is 4. The van der Waals surface area contributed by atoms with Crippen LogP contribution in [0.2, 0.25) is 0 Å². The molecule has 0 atom stereocenters. The Labute approximate surface area is 148 Å². The second-order valence-corrected chi connectivity index (χ2v) is 7.12. The Bertz CT molecular complexity index is 1070. The molecule has 4 aromatic rings. The van der Waals surface area contributed by atoms with E-state index >= 15 is 0 Å². The van der Waals surface area contributed by atoms with Gasteiger partial charge in [-0.05, 0) is 34.4 Å². The maximum atomic E-state index is 9.45. The molecule has 0 amide bonds. The van der Waals surface area contributed by atoms with Crippen LogP contribution in [0.3, 0.4) is 0 Å². The monoisotopic (exact) mass is 344 g/mol. The first-order valence-corrected chi connectivity index (χ1v) is 9.20. The van der Waals surface area contributed by atoms with Crippen molar-refractivity contribution < 1.29 is 0 Å². The van der Waals surface area contributed by atoms with Gasteiger partial charge in [-0.15, -0.1) is 22.7 Å². The quantitative estimate of drug-likeness (QED) is 0.422. The maximum Gasteiger partial charge on any atom is 0.134 e. The zero-order valence-corrected chi connectivity index (χ0v) is 14.3. The molecule has 4 rings (SSSR count). The molecule has 2 heterocycles. The summed E-state index contributed by atoms with van der Waals surface area (Å²) in [5, 5.41) is 16.6. The molecule has 2 nitrogen and oxygen atoms in total. The van der Waals surface area contributed by atoms with Crippen molar-refractivity contribution in [2.24, 2.45) is 0 Å². The summed E-state index contributed by atoms with van der Waals surface area (Å²) in [6, 6.07) is 20.9. The van der Waals surface area contributed by atoms with Gasteiger partial charge in [0, 0.05) is 15.8 Å². The molecule has 0 bridgehead atoms. The molecule has 0 radical (unpaired) electrons. The van der Waals surface area contributed by atoms with E-state index in [9.17, 15) is 5.26 Å². The number of hydrogen-bond donors (Lipinski definition) is 0. The van der Waals surface area contributed by atoms with Crippen LogP contribution in [0.5, 0.6) is 0 Å². The summed E-state index contributed by atoms with van der Waals surface area (Å²) >= 11 is 3.12. The van der Waals surface area contributed by atoms with E-state index in [0.717, 1.165) is 21.1 Å². The Hall–Kier alpha value is -2.74. The Balaban J connectivity index is 1.72. The van der Waals surface area contributed by atoms with Crippen molar-refractivity contribution in [1.29, 1.82) is 5.26 Å². The summed E-state index contributed by atoms with van der Waals surface area (Å²) in [5.41, 5.74) is 2.59. The van der Waals surface area contributed by atoms with Crippen LogP contribution in [0.1, 0.15) is 9.88 Å². The van der Waals surface area contributed by atoms with Crippen molar-refractivity contribution in [3.8, 4) is 17.3 Å². The molecule has 0 aliphatic carbocycles. The van der Waals surface area contributed by atoms with E-state index in [1.807, 2.05) is 41.1 Å². The van der Waals surface area contributed by atoms with E-state index < -0.39 is 0 Å². The molecule has 4 heteroatoms. The second kappa shape index (κ2) is 6.40. The molecular weight excluding hydrogens is 332 g/mol. The van der Waals surface area contributed by atoms with Gasteiger partial charge in [0.05, 0.1) is 11.3 Å². The third-order valence-corrected chi connectivity index (χ3v) is 5.42. The summed E-state index contributed by atoms with van der Waals surface area (Å²) in [5.74, 6) is 0. The van der Waals surface area contributed by atoms with Crippen LogP contribution in [-0.4, -0.2) is 4.98 Å². The molecule has 0 unspecified atom stereocenters. The number of nitrogens with zero attached hydrogens (tertiary/aromatic N) is 2. The summed E-state index contributed by atoms with van der Waals surface area (Å²) in [4.78, 5) is 5.74. The Morgan fingerprint density at radius 3 is 2.67 bits per heavy atom. The molecule has 0 spiro atoms. The van der Waals surface area contributed by atoms with Crippen molar-refractivity contribution in [1.82, 2.24) is 4.98 Å². The van der Waals surface area contributed by atoms with Gasteiger partial charge in [0.2, 0.25) is 0 Å². The normalized spacial score (nSPS) is 11.5. The number of aromatic nitrogens is 1. The molecule has 0 saturated carbocycles.